The van der Waals surface area contributed by atoms with Crippen LogP contribution in [-0.2, 0) is 14.9 Å². The lowest BCUT2D eigenvalue weighted by Crippen LogP contribution is -2.29. The number of para-hydroxylation sites is 1. The summed E-state index contributed by atoms with van der Waals surface area (Å²) < 4.78 is 8.05. The van der Waals surface area contributed by atoms with Gasteiger partial charge >= 0.3 is 5.97 Å². The molecule has 0 N–H and O–H groups in total. The van der Waals surface area contributed by atoms with Gasteiger partial charge in [-0.1, -0.05) is 46.7 Å². The van der Waals surface area contributed by atoms with Crippen molar-refractivity contribution >= 4 is 39.0 Å². The number of carbonyl (C=O) groups excluding carboxylic acids is 1. The minimum Gasteiger partial charge on any atom is -0.461 e. The molecule has 1 aromatic carbocycles. The standard InChI is InChI=1S/C20H28NO2S2/c1-4-18-20(2,3)16-8-5-6-9-17(16)21(18)12-7-10-19(22)23-15-11-13-24-25-14-15/h5-6,8-9,15H,4,7,10-14H2,1-3H3/q+1. The van der Waals surface area contributed by atoms with Gasteiger partial charge in [-0.25, -0.2) is 0 Å². The maximum Gasteiger partial charge on any atom is 0.306 e. The van der Waals surface area contributed by atoms with E-state index < -0.39 is 0 Å². The highest BCUT2D eigenvalue weighted by atomic mass is 33.1. The van der Waals surface area contributed by atoms with E-state index in [1.54, 1.807) is 0 Å². The van der Waals surface area contributed by atoms with Crippen LogP contribution in [0.15, 0.2) is 24.3 Å². The third kappa shape index (κ3) is 4.08. The van der Waals surface area contributed by atoms with Gasteiger partial charge in [0.15, 0.2) is 5.71 Å². The second-order valence-electron chi connectivity index (χ2n) is 7.20. The van der Waals surface area contributed by atoms with E-state index >= 15 is 0 Å². The molecule has 25 heavy (non-hydrogen) atoms. The first-order chi connectivity index (χ1) is 12.0. The second kappa shape index (κ2) is 8.17. The molecule has 1 unspecified atom stereocenters. The Balaban J connectivity index is 1.61. The Morgan fingerprint density at radius 1 is 1.32 bits per heavy atom. The summed E-state index contributed by atoms with van der Waals surface area (Å²) in [6.45, 7) is 7.71. The number of fused-ring (bicyclic) bond motifs is 1. The molecule has 0 saturated carbocycles. The van der Waals surface area contributed by atoms with Gasteiger partial charge in [0.2, 0.25) is 5.69 Å². The molecule has 2 aliphatic rings. The van der Waals surface area contributed by atoms with Gasteiger partial charge in [-0.15, -0.1) is 0 Å². The number of nitrogens with zero attached hydrogens (tertiary/aromatic N) is 1. The second-order valence-corrected chi connectivity index (χ2v) is 9.83. The summed E-state index contributed by atoms with van der Waals surface area (Å²) in [4.78, 5) is 12.1. The summed E-state index contributed by atoms with van der Waals surface area (Å²) in [5.74, 6) is 1.97. The van der Waals surface area contributed by atoms with Crippen LogP contribution in [0.1, 0.15) is 52.0 Å². The third-order valence-electron chi connectivity index (χ3n) is 5.17. The predicted molar refractivity (Wildman–Crippen MR) is 108 cm³/mol. The Morgan fingerprint density at radius 2 is 2.12 bits per heavy atom. The topological polar surface area (TPSA) is 29.3 Å². The number of hydrogen-bond acceptors (Lipinski definition) is 4. The van der Waals surface area contributed by atoms with Crippen LogP contribution in [0, 0.1) is 0 Å². The highest BCUT2D eigenvalue weighted by molar-refractivity contribution is 8.76. The van der Waals surface area contributed by atoms with Crippen LogP contribution in [0.25, 0.3) is 0 Å². The van der Waals surface area contributed by atoms with E-state index in [1.165, 1.54) is 17.0 Å². The van der Waals surface area contributed by atoms with Crippen LogP contribution in [0.2, 0.25) is 0 Å². The number of rotatable bonds is 6. The number of benzene rings is 1. The molecular weight excluding hydrogens is 350 g/mol. The van der Waals surface area contributed by atoms with Crippen molar-refractivity contribution < 1.29 is 14.1 Å². The van der Waals surface area contributed by atoms with E-state index in [4.69, 9.17) is 4.74 Å². The number of ether oxygens (including phenoxy) is 1. The molecule has 2 aliphatic heterocycles. The Hall–Kier alpha value is -0.940. The highest BCUT2D eigenvalue weighted by Crippen LogP contribution is 2.40. The molecule has 2 heterocycles. The van der Waals surface area contributed by atoms with E-state index in [1.807, 2.05) is 21.6 Å². The summed E-state index contributed by atoms with van der Waals surface area (Å²) in [6, 6.07) is 8.66. The van der Waals surface area contributed by atoms with Crippen molar-refractivity contribution in [3.63, 3.8) is 0 Å². The van der Waals surface area contributed by atoms with Crippen LogP contribution in [-0.4, -0.2) is 40.4 Å². The first-order valence-electron chi connectivity index (χ1n) is 9.21. The molecule has 0 radical (unpaired) electrons. The molecule has 1 saturated heterocycles. The Morgan fingerprint density at radius 3 is 2.84 bits per heavy atom. The van der Waals surface area contributed by atoms with Gasteiger partial charge in [-0.05, 0) is 20.3 Å². The summed E-state index contributed by atoms with van der Waals surface area (Å²) in [5.41, 5.74) is 4.22. The fourth-order valence-corrected chi connectivity index (χ4v) is 6.27. The lowest BCUT2D eigenvalue weighted by molar-refractivity contribution is -0.440. The van der Waals surface area contributed by atoms with Crippen LogP contribution in [0.4, 0.5) is 5.69 Å². The SMILES string of the molecule is CCC1=[N+](CCCC(=O)OC2CCSSC2)c2ccccc2C1(C)C. The Kier molecular flexibility index (Phi) is 6.16. The van der Waals surface area contributed by atoms with Crippen LogP contribution in [0.3, 0.4) is 0 Å². The molecule has 1 atom stereocenters. The van der Waals surface area contributed by atoms with E-state index in [9.17, 15) is 4.79 Å². The maximum atomic E-state index is 12.1. The monoisotopic (exact) mass is 378 g/mol. The lowest BCUT2D eigenvalue weighted by atomic mass is 9.81. The van der Waals surface area contributed by atoms with Crippen molar-refractivity contribution in [2.24, 2.45) is 0 Å². The average Bonchev–Trinajstić information content (AvgIpc) is 2.83. The van der Waals surface area contributed by atoms with E-state index in [-0.39, 0.29) is 17.5 Å². The Bertz CT molecular complexity index is 663. The zero-order valence-electron chi connectivity index (χ0n) is 15.4. The minimum atomic E-state index is -0.0395. The molecule has 1 fully saturated rings. The average molecular weight is 379 g/mol. The van der Waals surface area contributed by atoms with E-state index in [2.05, 4.69) is 49.6 Å². The Labute approximate surface area is 159 Å². The zero-order chi connectivity index (χ0) is 17.9. The lowest BCUT2D eigenvalue weighted by Gasteiger charge is -2.20. The molecule has 3 nitrogen and oxygen atoms in total. The van der Waals surface area contributed by atoms with Gasteiger partial charge in [0.05, 0.1) is 11.8 Å². The number of esters is 1. The van der Waals surface area contributed by atoms with Gasteiger partial charge in [0.1, 0.15) is 12.6 Å². The van der Waals surface area contributed by atoms with Crippen molar-refractivity contribution in [1.82, 2.24) is 0 Å². The fraction of sp³-hybridized carbons (Fsp3) is 0.600. The van der Waals surface area contributed by atoms with Crippen molar-refractivity contribution in [2.45, 2.75) is 58.0 Å². The quantitative estimate of drug-likeness (QED) is 0.398. The minimum absolute atomic E-state index is 0.0395. The molecule has 0 amide bonds. The van der Waals surface area contributed by atoms with Crippen molar-refractivity contribution in [3.05, 3.63) is 29.8 Å². The maximum absolute atomic E-state index is 12.1. The third-order valence-corrected chi connectivity index (χ3v) is 7.66. The fourth-order valence-electron chi connectivity index (χ4n) is 3.93. The van der Waals surface area contributed by atoms with Gasteiger partial charge in [0.25, 0.3) is 0 Å². The summed E-state index contributed by atoms with van der Waals surface area (Å²) in [7, 11) is 3.68. The molecule has 0 aromatic heterocycles. The van der Waals surface area contributed by atoms with Crippen molar-refractivity contribution in [1.29, 1.82) is 0 Å². The van der Waals surface area contributed by atoms with E-state index in [0.29, 0.717) is 6.42 Å². The molecule has 1 aromatic rings. The van der Waals surface area contributed by atoms with Gasteiger partial charge in [-0.2, -0.15) is 4.58 Å². The van der Waals surface area contributed by atoms with Crippen LogP contribution >= 0.6 is 21.6 Å². The van der Waals surface area contributed by atoms with Crippen LogP contribution < -0.4 is 0 Å². The first-order valence-corrected chi connectivity index (χ1v) is 11.7. The molecule has 5 heteroatoms. The van der Waals surface area contributed by atoms with Crippen LogP contribution in [0.5, 0.6) is 0 Å². The molecule has 0 aliphatic carbocycles. The number of carbonyl (C=O) groups is 1. The summed E-state index contributed by atoms with van der Waals surface area (Å²) in [5, 5.41) is 0. The highest BCUT2D eigenvalue weighted by Gasteiger charge is 2.43. The summed E-state index contributed by atoms with van der Waals surface area (Å²) in [6.07, 6.45) is 3.47. The smallest absolute Gasteiger partial charge is 0.306 e. The molecule has 0 spiro atoms. The van der Waals surface area contributed by atoms with Crippen molar-refractivity contribution in [2.75, 3.05) is 18.1 Å². The first kappa shape index (κ1) is 18.8. The molecule has 3 rings (SSSR count). The normalized spacial score (nSPS) is 22.0. The zero-order valence-corrected chi connectivity index (χ0v) is 17.0. The largest absolute Gasteiger partial charge is 0.461 e. The molecule has 0 bridgehead atoms. The molecule has 136 valence electrons. The van der Waals surface area contributed by atoms with Gasteiger partial charge < -0.3 is 4.74 Å². The van der Waals surface area contributed by atoms with E-state index in [0.717, 1.165) is 37.3 Å². The molecular formula is C20H28NO2S2+. The van der Waals surface area contributed by atoms with Crippen molar-refractivity contribution in [3.8, 4) is 0 Å². The number of hydrogen-bond donors (Lipinski definition) is 0. The van der Waals surface area contributed by atoms with Gasteiger partial charge in [-0.3, -0.25) is 4.79 Å². The summed E-state index contributed by atoms with van der Waals surface area (Å²) >= 11 is 0. The van der Waals surface area contributed by atoms with Gasteiger partial charge in [0, 0.05) is 36.0 Å². The predicted octanol–water partition coefficient (Wildman–Crippen LogP) is 4.95.